The SMILES string of the molecule is CCOC(=O)/C(C#N)=C(/NCC1CN(Cc2ccc(F)cc2)CCO1)NC1CCCCC1. The molecule has 174 valence electrons. The second kappa shape index (κ2) is 12.4. The third kappa shape index (κ3) is 7.21. The summed E-state index contributed by atoms with van der Waals surface area (Å²) in [7, 11) is 0. The van der Waals surface area contributed by atoms with Gasteiger partial charge in [0.1, 0.15) is 17.7 Å². The van der Waals surface area contributed by atoms with Crippen molar-refractivity contribution < 1.29 is 18.7 Å². The number of halogens is 1. The lowest BCUT2D eigenvalue weighted by Gasteiger charge is -2.34. The van der Waals surface area contributed by atoms with Gasteiger partial charge in [0.15, 0.2) is 5.57 Å². The van der Waals surface area contributed by atoms with Crippen LogP contribution in [0.1, 0.15) is 44.6 Å². The van der Waals surface area contributed by atoms with Gasteiger partial charge in [-0.2, -0.15) is 5.26 Å². The number of rotatable bonds is 9. The minimum atomic E-state index is -0.622. The van der Waals surface area contributed by atoms with E-state index in [1.807, 2.05) is 6.07 Å². The molecule has 1 unspecified atom stereocenters. The first-order valence-corrected chi connectivity index (χ1v) is 11.5. The maximum Gasteiger partial charge on any atom is 0.352 e. The van der Waals surface area contributed by atoms with Crippen molar-refractivity contribution in [2.75, 3.05) is 32.8 Å². The number of hydrogen-bond acceptors (Lipinski definition) is 7. The Morgan fingerprint density at radius 1 is 1.28 bits per heavy atom. The summed E-state index contributed by atoms with van der Waals surface area (Å²) >= 11 is 0. The third-order valence-electron chi connectivity index (χ3n) is 5.84. The van der Waals surface area contributed by atoms with E-state index >= 15 is 0 Å². The maximum atomic E-state index is 13.2. The van der Waals surface area contributed by atoms with Crippen molar-refractivity contribution in [2.24, 2.45) is 0 Å². The Morgan fingerprint density at radius 2 is 2.03 bits per heavy atom. The van der Waals surface area contributed by atoms with Crippen LogP contribution in [0.4, 0.5) is 4.39 Å². The Labute approximate surface area is 189 Å². The van der Waals surface area contributed by atoms with Crippen molar-refractivity contribution in [3.8, 4) is 6.07 Å². The van der Waals surface area contributed by atoms with E-state index in [9.17, 15) is 14.4 Å². The molecular formula is C24H33FN4O3. The largest absolute Gasteiger partial charge is 0.462 e. The van der Waals surface area contributed by atoms with Crippen molar-refractivity contribution in [1.29, 1.82) is 5.26 Å². The van der Waals surface area contributed by atoms with Crippen LogP contribution in [0, 0.1) is 17.1 Å². The molecule has 1 saturated carbocycles. The number of morpholine rings is 1. The molecule has 1 heterocycles. The van der Waals surface area contributed by atoms with Crippen molar-refractivity contribution >= 4 is 5.97 Å². The van der Waals surface area contributed by atoms with Crippen molar-refractivity contribution in [3.63, 3.8) is 0 Å². The van der Waals surface area contributed by atoms with Gasteiger partial charge in [0.2, 0.25) is 0 Å². The second-order valence-electron chi connectivity index (χ2n) is 8.30. The van der Waals surface area contributed by atoms with Gasteiger partial charge in [0.25, 0.3) is 0 Å². The predicted molar refractivity (Wildman–Crippen MR) is 119 cm³/mol. The summed E-state index contributed by atoms with van der Waals surface area (Å²) in [5.41, 5.74) is 1.02. The number of hydrogen-bond donors (Lipinski definition) is 2. The lowest BCUT2D eigenvalue weighted by molar-refractivity contribution is -0.138. The van der Waals surface area contributed by atoms with E-state index in [4.69, 9.17) is 9.47 Å². The van der Waals surface area contributed by atoms with E-state index in [0.717, 1.165) is 44.3 Å². The van der Waals surface area contributed by atoms with Crippen LogP contribution in [0.25, 0.3) is 0 Å². The van der Waals surface area contributed by atoms with E-state index in [1.54, 1.807) is 19.1 Å². The molecule has 2 N–H and O–H groups in total. The van der Waals surface area contributed by atoms with E-state index in [-0.39, 0.29) is 30.1 Å². The maximum absolute atomic E-state index is 13.2. The van der Waals surface area contributed by atoms with Crippen LogP contribution in [0.5, 0.6) is 0 Å². The molecule has 8 heteroatoms. The number of carbonyl (C=O) groups excluding carboxylic acids is 1. The fourth-order valence-corrected chi connectivity index (χ4v) is 4.18. The first kappa shape index (κ1) is 24.0. The molecule has 1 aliphatic carbocycles. The van der Waals surface area contributed by atoms with Gasteiger partial charge in [0, 0.05) is 32.2 Å². The van der Waals surface area contributed by atoms with Crippen LogP contribution in [0.15, 0.2) is 35.7 Å². The molecule has 0 radical (unpaired) electrons. The normalized spacial score (nSPS) is 20.7. The molecule has 1 saturated heterocycles. The Bertz CT molecular complexity index is 816. The number of ether oxygens (including phenoxy) is 2. The van der Waals surface area contributed by atoms with E-state index in [2.05, 4.69) is 15.5 Å². The molecule has 0 amide bonds. The predicted octanol–water partition coefficient (Wildman–Crippen LogP) is 2.84. The van der Waals surface area contributed by atoms with Gasteiger partial charge in [-0.1, -0.05) is 31.4 Å². The Hall–Kier alpha value is -2.63. The van der Waals surface area contributed by atoms with Crippen LogP contribution in [0.3, 0.4) is 0 Å². The van der Waals surface area contributed by atoms with Crippen LogP contribution < -0.4 is 10.6 Å². The molecule has 1 aromatic rings. The molecule has 7 nitrogen and oxygen atoms in total. The second-order valence-corrected chi connectivity index (χ2v) is 8.30. The fraction of sp³-hybridized carbons (Fsp3) is 0.583. The topological polar surface area (TPSA) is 86.6 Å². The van der Waals surface area contributed by atoms with Crippen LogP contribution >= 0.6 is 0 Å². The standard InChI is InChI=1S/C24H33FN4O3/c1-2-31-24(30)22(14-26)23(28-20-6-4-3-5-7-20)27-15-21-17-29(12-13-32-21)16-18-8-10-19(25)11-9-18/h8-11,20-21,27-28H,2-7,12-13,15-17H2,1H3/b23-22-. The van der Waals surface area contributed by atoms with Crippen LogP contribution in [-0.2, 0) is 20.8 Å². The summed E-state index contributed by atoms with van der Waals surface area (Å²) in [4.78, 5) is 14.6. The zero-order valence-electron chi connectivity index (χ0n) is 18.7. The minimum absolute atomic E-state index is 0.0311. The average Bonchev–Trinajstić information content (AvgIpc) is 2.80. The molecule has 1 aliphatic heterocycles. The lowest BCUT2D eigenvalue weighted by Crippen LogP contribution is -2.48. The first-order chi connectivity index (χ1) is 15.6. The molecule has 1 atom stereocenters. The molecule has 0 spiro atoms. The quantitative estimate of drug-likeness (QED) is 0.344. The van der Waals surface area contributed by atoms with Crippen molar-refractivity contribution in [2.45, 2.75) is 57.7 Å². The highest BCUT2D eigenvalue weighted by Crippen LogP contribution is 2.19. The summed E-state index contributed by atoms with van der Waals surface area (Å²) in [6, 6.07) is 8.78. The molecule has 1 aromatic carbocycles. The van der Waals surface area contributed by atoms with Gasteiger partial charge in [-0.25, -0.2) is 9.18 Å². The number of nitrogens with zero attached hydrogens (tertiary/aromatic N) is 2. The molecule has 0 aromatic heterocycles. The van der Waals surface area contributed by atoms with Gasteiger partial charge in [-0.05, 0) is 37.5 Å². The summed E-state index contributed by atoms with van der Waals surface area (Å²) < 4.78 is 24.2. The highest BCUT2D eigenvalue weighted by atomic mass is 19.1. The van der Waals surface area contributed by atoms with Gasteiger partial charge >= 0.3 is 5.97 Å². The molecule has 3 rings (SSSR count). The van der Waals surface area contributed by atoms with Crippen LogP contribution in [-0.4, -0.2) is 55.9 Å². The molecule has 0 bridgehead atoms. The smallest absolute Gasteiger partial charge is 0.352 e. The number of carbonyl (C=O) groups is 1. The summed E-state index contributed by atoms with van der Waals surface area (Å²) in [6.45, 7) is 5.19. The Morgan fingerprint density at radius 3 is 2.72 bits per heavy atom. The Kier molecular flexibility index (Phi) is 9.32. The van der Waals surface area contributed by atoms with Gasteiger partial charge in [0.05, 0.1) is 19.3 Å². The van der Waals surface area contributed by atoms with Crippen LogP contribution in [0.2, 0.25) is 0 Å². The third-order valence-corrected chi connectivity index (χ3v) is 5.84. The summed E-state index contributed by atoms with van der Waals surface area (Å²) in [5.74, 6) is -0.433. The summed E-state index contributed by atoms with van der Waals surface area (Å²) in [5, 5.41) is 16.3. The Balaban J connectivity index is 1.62. The number of nitrogens with one attached hydrogen (secondary N) is 2. The molecule has 2 fully saturated rings. The fourth-order valence-electron chi connectivity index (χ4n) is 4.18. The number of benzene rings is 1. The molecule has 2 aliphatic rings. The van der Waals surface area contributed by atoms with Gasteiger partial charge < -0.3 is 20.1 Å². The first-order valence-electron chi connectivity index (χ1n) is 11.5. The lowest BCUT2D eigenvalue weighted by atomic mass is 9.95. The van der Waals surface area contributed by atoms with Crippen molar-refractivity contribution in [1.82, 2.24) is 15.5 Å². The highest BCUT2D eigenvalue weighted by molar-refractivity contribution is 5.93. The summed E-state index contributed by atoms with van der Waals surface area (Å²) in [6.07, 6.45) is 5.41. The number of esters is 1. The number of nitriles is 1. The zero-order chi connectivity index (χ0) is 22.8. The van der Waals surface area contributed by atoms with Crippen molar-refractivity contribution in [3.05, 3.63) is 47.0 Å². The van der Waals surface area contributed by atoms with Gasteiger partial charge in [-0.15, -0.1) is 0 Å². The zero-order valence-corrected chi connectivity index (χ0v) is 18.7. The van der Waals surface area contributed by atoms with E-state index in [0.29, 0.717) is 25.5 Å². The van der Waals surface area contributed by atoms with E-state index in [1.165, 1.54) is 18.6 Å². The minimum Gasteiger partial charge on any atom is -0.462 e. The van der Waals surface area contributed by atoms with E-state index < -0.39 is 5.97 Å². The average molecular weight is 445 g/mol. The molecular weight excluding hydrogens is 411 g/mol. The molecule has 32 heavy (non-hydrogen) atoms. The monoisotopic (exact) mass is 444 g/mol. The van der Waals surface area contributed by atoms with Gasteiger partial charge in [-0.3, -0.25) is 4.90 Å². The highest BCUT2D eigenvalue weighted by Gasteiger charge is 2.24.